The third kappa shape index (κ3) is 3.77. The second-order valence-corrected chi connectivity index (χ2v) is 5.53. The Balaban J connectivity index is 1.94. The van der Waals surface area contributed by atoms with Crippen molar-refractivity contribution in [3.05, 3.63) is 35.6 Å². The topological polar surface area (TPSA) is 15.3 Å². The van der Waals surface area contributed by atoms with Gasteiger partial charge in [-0.05, 0) is 45.8 Å². The van der Waals surface area contributed by atoms with Gasteiger partial charge in [-0.1, -0.05) is 24.6 Å². The molecule has 1 heterocycles. The van der Waals surface area contributed by atoms with Crippen molar-refractivity contribution in [3.63, 3.8) is 0 Å². The van der Waals surface area contributed by atoms with Crippen LogP contribution in [0.25, 0.3) is 0 Å². The molecule has 0 aromatic heterocycles. The summed E-state index contributed by atoms with van der Waals surface area (Å²) in [5, 5.41) is 3.25. The van der Waals surface area contributed by atoms with Gasteiger partial charge >= 0.3 is 0 Å². The van der Waals surface area contributed by atoms with Crippen molar-refractivity contribution in [1.29, 1.82) is 0 Å². The van der Waals surface area contributed by atoms with Crippen LogP contribution in [0.15, 0.2) is 24.3 Å². The normalized spacial score (nSPS) is 22.4. The Bertz CT molecular complexity index is 394. The SMILES string of the molecule is CNC(CCN1CCCCC1C)c1ccccc1F. The zero-order valence-electron chi connectivity index (χ0n) is 12.0. The van der Waals surface area contributed by atoms with Crippen LogP contribution in [0.5, 0.6) is 0 Å². The van der Waals surface area contributed by atoms with E-state index in [0.717, 1.165) is 18.5 Å². The largest absolute Gasteiger partial charge is 0.313 e. The van der Waals surface area contributed by atoms with Crippen molar-refractivity contribution in [2.24, 2.45) is 0 Å². The van der Waals surface area contributed by atoms with Gasteiger partial charge in [0.25, 0.3) is 0 Å². The zero-order chi connectivity index (χ0) is 13.7. The molecule has 2 nitrogen and oxygen atoms in total. The van der Waals surface area contributed by atoms with E-state index < -0.39 is 0 Å². The van der Waals surface area contributed by atoms with Crippen molar-refractivity contribution < 1.29 is 4.39 Å². The molecule has 1 aromatic rings. The molecule has 3 heteroatoms. The number of hydrogen-bond donors (Lipinski definition) is 1. The van der Waals surface area contributed by atoms with E-state index in [1.54, 1.807) is 12.1 Å². The van der Waals surface area contributed by atoms with Crippen LogP contribution in [0, 0.1) is 5.82 Å². The first-order chi connectivity index (χ1) is 9.22. The van der Waals surface area contributed by atoms with Gasteiger partial charge in [-0.3, -0.25) is 0 Å². The van der Waals surface area contributed by atoms with Crippen molar-refractivity contribution >= 4 is 0 Å². The lowest BCUT2D eigenvalue weighted by Gasteiger charge is -2.34. The average Bonchev–Trinajstić information content (AvgIpc) is 2.43. The number of halogens is 1. The van der Waals surface area contributed by atoms with Crippen LogP contribution in [0.2, 0.25) is 0 Å². The fourth-order valence-electron chi connectivity index (χ4n) is 3.00. The zero-order valence-corrected chi connectivity index (χ0v) is 12.0. The highest BCUT2D eigenvalue weighted by molar-refractivity contribution is 5.21. The van der Waals surface area contributed by atoms with Crippen molar-refractivity contribution in [2.75, 3.05) is 20.1 Å². The molecule has 1 aliphatic heterocycles. The van der Waals surface area contributed by atoms with Crippen LogP contribution in [0.1, 0.15) is 44.2 Å². The summed E-state index contributed by atoms with van der Waals surface area (Å²) in [5.74, 6) is -0.103. The number of hydrogen-bond acceptors (Lipinski definition) is 2. The minimum absolute atomic E-state index is 0.103. The molecule has 0 aliphatic carbocycles. The van der Waals surface area contributed by atoms with Gasteiger partial charge in [0.15, 0.2) is 0 Å². The Morgan fingerprint density at radius 2 is 2.16 bits per heavy atom. The lowest BCUT2D eigenvalue weighted by molar-refractivity contribution is 0.153. The molecule has 1 fully saturated rings. The van der Waals surface area contributed by atoms with E-state index in [9.17, 15) is 4.39 Å². The quantitative estimate of drug-likeness (QED) is 0.877. The summed E-state index contributed by atoms with van der Waals surface area (Å²) in [6.45, 7) is 4.53. The predicted molar refractivity (Wildman–Crippen MR) is 77.7 cm³/mol. The highest BCUT2D eigenvalue weighted by Crippen LogP contribution is 2.22. The maximum atomic E-state index is 13.8. The first-order valence-electron chi connectivity index (χ1n) is 7.38. The molecule has 106 valence electrons. The van der Waals surface area contributed by atoms with E-state index in [1.807, 2.05) is 19.2 Å². The van der Waals surface area contributed by atoms with Gasteiger partial charge in [-0.25, -0.2) is 4.39 Å². The Morgan fingerprint density at radius 3 is 2.84 bits per heavy atom. The molecule has 0 amide bonds. The molecule has 0 bridgehead atoms. The highest BCUT2D eigenvalue weighted by atomic mass is 19.1. The van der Waals surface area contributed by atoms with Gasteiger partial charge in [0.1, 0.15) is 5.82 Å². The Labute approximate surface area is 116 Å². The third-order valence-corrected chi connectivity index (χ3v) is 4.27. The molecule has 2 unspecified atom stereocenters. The summed E-state index contributed by atoms with van der Waals surface area (Å²) in [6, 6.07) is 7.87. The van der Waals surface area contributed by atoms with Gasteiger partial charge < -0.3 is 10.2 Å². The number of nitrogens with one attached hydrogen (secondary N) is 1. The van der Waals surface area contributed by atoms with Crippen LogP contribution in [0.3, 0.4) is 0 Å². The number of likely N-dealkylation sites (tertiary alicyclic amines) is 1. The lowest BCUT2D eigenvalue weighted by Crippen LogP contribution is -2.39. The summed E-state index contributed by atoms with van der Waals surface area (Å²) in [6.07, 6.45) is 4.90. The fraction of sp³-hybridized carbons (Fsp3) is 0.625. The highest BCUT2D eigenvalue weighted by Gasteiger charge is 2.20. The summed E-state index contributed by atoms with van der Waals surface area (Å²) >= 11 is 0. The van der Waals surface area contributed by atoms with Crippen LogP contribution >= 0.6 is 0 Å². The monoisotopic (exact) mass is 264 g/mol. The average molecular weight is 264 g/mol. The maximum Gasteiger partial charge on any atom is 0.127 e. The van der Waals surface area contributed by atoms with Crippen LogP contribution in [0.4, 0.5) is 4.39 Å². The van der Waals surface area contributed by atoms with E-state index in [-0.39, 0.29) is 11.9 Å². The molecule has 2 atom stereocenters. The molecule has 1 aliphatic rings. The smallest absolute Gasteiger partial charge is 0.127 e. The van der Waals surface area contributed by atoms with E-state index in [2.05, 4.69) is 17.1 Å². The first-order valence-corrected chi connectivity index (χ1v) is 7.38. The van der Waals surface area contributed by atoms with Gasteiger partial charge in [0.2, 0.25) is 0 Å². The van der Waals surface area contributed by atoms with Gasteiger partial charge in [0.05, 0.1) is 0 Å². The van der Waals surface area contributed by atoms with Gasteiger partial charge in [0, 0.05) is 24.2 Å². The van der Waals surface area contributed by atoms with Crippen molar-refractivity contribution in [3.8, 4) is 0 Å². The first kappa shape index (κ1) is 14.5. The molecule has 1 saturated heterocycles. The second-order valence-electron chi connectivity index (χ2n) is 5.53. The van der Waals surface area contributed by atoms with E-state index in [1.165, 1.54) is 25.8 Å². The van der Waals surface area contributed by atoms with Crippen LogP contribution in [-0.4, -0.2) is 31.1 Å². The summed E-state index contributed by atoms with van der Waals surface area (Å²) in [5.41, 5.74) is 0.787. The third-order valence-electron chi connectivity index (χ3n) is 4.27. The number of benzene rings is 1. The van der Waals surface area contributed by atoms with Gasteiger partial charge in [-0.2, -0.15) is 0 Å². The van der Waals surface area contributed by atoms with Gasteiger partial charge in [-0.15, -0.1) is 0 Å². The standard InChI is InChI=1S/C16H25FN2/c1-13-7-5-6-11-19(13)12-10-16(18-2)14-8-3-4-9-15(14)17/h3-4,8-9,13,16,18H,5-7,10-12H2,1-2H3. The lowest BCUT2D eigenvalue weighted by atomic mass is 10.00. The molecular formula is C16H25FN2. The molecule has 0 saturated carbocycles. The molecule has 1 aromatic carbocycles. The van der Waals surface area contributed by atoms with Crippen molar-refractivity contribution in [2.45, 2.75) is 44.7 Å². The van der Waals surface area contributed by atoms with E-state index >= 15 is 0 Å². The molecule has 0 spiro atoms. The van der Waals surface area contributed by atoms with Crippen LogP contribution in [-0.2, 0) is 0 Å². The van der Waals surface area contributed by atoms with Crippen LogP contribution < -0.4 is 5.32 Å². The molecule has 1 N–H and O–H groups in total. The number of piperidine rings is 1. The minimum Gasteiger partial charge on any atom is -0.313 e. The maximum absolute atomic E-state index is 13.8. The number of rotatable bonds is 5. The van der Waals surface area contributed by atoms with E-state index in [4.69, 9.17) is 0 Å². The molecule has 19 heavy (non-hydrogen) atoms. The molecular weight excluding hydrogens is 239 g/mol. The molecule has 2 rings (SSSR count). The Morgan fingerprint density at radius 1 is 1.37 bits per heavy atom. The Hall–Kier alpha value is -0.930. The van der Waals surface area contributed by atoms with Crippen molar-refractivity contribution in [1.82, 2.24) is 10.2 Å². The number of nitrogens with zero attached hydrogens (tertiary/aromatic N) is 1. The summed E-state index contributed by atoms with van der Waals surface area (Å²) in [7, 11) is 1.91. The fourth-order valence-corrected chi connectivity index (χ4v) is 3.00. The van der Waals surface area contributed by atoms with E-state index in [0.29, 0.717) is 6.04 Å². The predicted octanol–water partition coefficient (Wildman–Crippen LogP) is 3.35. The second kappa shape index (κ2) is 7.01. The summed E-state index contributed by atoms with van der Waals surface area (Å²) in [4.78, 5) is 2.54. The molecule has 0 radical (unpaired) electrons. The Kier molecular flexibility index (Phi) is 5.34. The summed E-state index contributed by atoms with van der Waals surface area (Å²) < 4.78 is 13.8. The minimum atomic E-state index is -0.103.